The van der Waals surface area contributed by atoms with Crippen LogP contribution in [-0.2, 0) is 14.3 Å². The first-order valence-corrected chi connectivity index (χ1v) is 6.97. The lowest BCUT2D eigenvalue weighted by molar-refractivity contribution is -0.133. The molecule has 1 amide bonds. The van der Waals surface area contributed by atoms with Gasteiger partial charge in [0.25, 0.3) is 5.91 Å². The van der Waals surface area contributed by atoms with Crippen LogP contribution >= 0.6 is 0 Å². The number of benzene rings is 1. The summed E-state index contributed by atoms with van der Waals surface area (Å²) in [5.41, 5.74) is 8.10. The smallest absolute Gasteiger partial charge is 0.253 e. The fourth-order valence-electron chi connectivity index (χ4n) is 2.19. The maximum absolute atomic E-state index is 12.1. The highest BCUT2D eigenvalue weighted by molar-refractivity contribution is 5.95. The molecule has 1 fully saturated rings. The first-order chi connectivity index (χ1) is 9.58. The Balaban J connectivity index is 1.91. The third kappa shape index (κ3) is 3.71. The second-order valence-electron chi connectivity index (χ2n) is 5.10. The molecular weight excluding hydrogens is 256 g/mol. The predicted molar refractivity (Wildman–Crippen MR) is 78.6 cm³/mol. The van der Waals surface area contributed by atoms with Crippen LogP contribution in [0.3, 0.4) is 0 Å². The van der Waals surface area contributed by atoms with Crippen molar-refractivity contribution in [1.82, 2.24) is 0 Å². The van der Waals surface area contributed by atoms with Gasteiger partial charge in [-0.05, 0) is 44.4 Å². The molecule has 3 N–H and O–H groups in total. The van der Waals surface area contributed by atoms with Gasteiger partial charge in [-0.2, -0.15) is 0 Å². The Labute approximate surface area is 119 Å². The van der Waals surface area contributed by atoms with Gasteiger partial charge >= 0.3 is 0 Å². The summed E-state index contributed by atoms with van der Waals surface area (Å²) in [6.45, 7) is 5.06. The van der Waals surface area contributed by atoms with E-state index in [4.69, 9.17) is 15.2 Å². The highest BCUT2D eigenvalue weighted by Crippen LogP contribution is 2.21. The van der Waals surface area contributed by atoms with Crippen LogP contribution in [0.5, 0.6) is 0 Å². The van der Waals surface area contributed by atoms with E-state index < -0.39 is 6.10 Å². The summed E-state index contributed by atoms with van der Waals surface area (Å²) in [5, 5.41) is 2.87. The molecule has 110 valence electrons. The molecular formula is C15H22N2O3. The van der Waals surface area contributed by atoms with E-state index in [0.29, 0.717) is 18.9 Å². The number of amides is 1. The van der Waals surface area contributed by atoms with E-state index in [0.717, 1.165) is 24.1 Å². The van der Waals surface area contributed by atoms with E-state index >= 15 is 0 Å². The molecule has 0 spiro atoms. The molecule has 0 aliphatic carbocycles. The second kappa shape index (κ2) is 6.72. The first kappa shape index (κ1) is 14.8. The van der Waals surface area contributed by atoms with Crippen molar-refractivity contribution in [3.63, 3.8) is 0 Å². The summed E-state index contributed by atoms with van der Waals surface area (Å²) in [6.07, 6.45) is 1.30. The second-order valence-corrected chi connectivity index (χ2v) is 5.10. The molecule has 0 saturated carbocycles. The zero-order chi connectivity index (χ0) is 14.5. The highest BCUT2D eigenvalue weighted by Gasteiger charge is 2.21. The molecule has 0 bridgehead atoms. The SMILES string of the molecule is Cc1c(N)cccc1NC(=O)C(C)OC1CCOCC1. The number of nitrogens with one attached hydrogen (secondary N) is 1. The third-order valence-corrected chi connectivity index (χ3v) is 3.57. The van der Waals surface area contributed by atoms with Crippen molar-refractivity contribution < 1.29 is 14.3 Å². The normalized spacial score (nSPS) is 17.7. The Morgan fingerprint density at radius 1 is 1.45 bits per heavy atom. The summed E-state index contributed by atoms with van der Waals surface area (Å²) < 4.78 is 11.0. The minimum absolute atomic E-state index is 0.103. The number of hydrogen-bond acceptors (Lipinski definition) is 4. The summed E-state index contributed by atoms with van der Waals surface area (Å²) in [4.78, 5) is 12.1. The van der Waals surface area contributed by atoms with E-state index in [-0.39, 0.29) is 12.0 Å². The van der Waals surface area contributed by atoms with Gasteiger partial charge in [-0.15, -0.1) is 0 Å². The maximum atomic E-state index is 12.1. The Hall–Kier alpha value is -1.59. The van der Waals surface area contributed by atoms with Crippen molar-refractivity contribution >= 4 is 17.3 Å². The van der Waals surface area contributed by atoms with Gasteiger partial charge in [-0.1, -0.05) is 6.07 Å². The number of rotatable bonds is 4. The highest BCUT2D eigenvalue weighted by atomic mass is 16.5. The lowest BCUT2D eigenvalue weighted by Crippen LogP contribution is -2.34. The van der Waals surface area contributed by atoms with Crippen LogP contribution in [0.25, 0.3) is 0 Å². The summed E-state index contributed by atoms with van der Waals surface area (Å²) in [6, 6.07) is 5.47. The minimum atomic E-state index is -0.487. The quantitative estimate of drug-likeness (QED) is 0.827. The molecule has 1 unspecified atom stereocenters. The van der Waals surface area contributed by atoms with Gasteiger partial charge in [0.1, 0.15) is 6.10 Å². The number of carbonyl (C=O) groups is 1. The molecule has 0 radical (unpaired) electrons. The monoisotopic (exact) mass is 278 g/mol. The fourth-order valence-corrected chi connectivity index (χ4v) is 2.19. The maximum Gasteiger partial charge on any atom is 0.253 e. The largest absolute Gasteiger partial charge is 0.398 e. The summed E-state index contributed by atoms with van der Waals surface area (Å²) in [7, 11) is 0. The first-order valence-electron chi connectivity index (χ1n) is 6.97. The number of hydrogen-bond donors (Lipinski definition) is 2. The van der Waals surface area contributed by atoms with E-state index in [1.807, 2.05) is 25.1 Å². The average molecular weight is 278 g/mol. The van der Waals surface area contributed by atoms with Gasteiger partial charge in [-0.3, -0.25) is 4.79 Å². The molecule has 1 aromatic carbocycles. The van der Waals surface area contributed by atoms with E-state index in [9.17, 15) is 4.79 Å². The van der Waals surface area contributed by atoms with Crippen LogP contribution in [0.2, 0.25) is 0 Å². The van der Waals surface area contributed by atoms with Crippen molar-refractivity contribution in [3.8, 4) is 0 Å². The van der Waals surface area contributed by atoms with Crippen molar-refractivity contribution in [1.29, 1.82) is 0 Å². The average Bonchev–Trinajstić information content (AvgIpc) is 2.45. The Bertz CT molecular complexity index is 470. The molecule has 5 nitrogen and oxygen atoms in total. The van der Waals surface area contributed by atoms with Crippen LogP contribution in [0.4, 0.5) is 11.4 Å². The van der Waals surface area contributed by atoms with Gasteiger partial charge in [0.05, 0.1) is 6.10 Å². The Kier molecular flexibility index (Phi) is 4.98. The lowest BCUT2D eigenvalue weighted by Gasteiger charge is -2.25. The molecule has 5 heteroatoms. The topological polar surface area (TPSA) is 73.6 Å². The standard InChI is InChI=1S/C15H22N2O3/c1-10-13(16)4-3-5-14(10)17-15(18)11(2)20-12-6-8-19-9-7-12/h3-5,11-12H,6-9,16H2,1-2H3,(H,17,18). The molecule has 2 rings (SSSR count). The fraction of sp³-hybridized carbons (Fsp3) is 0.533. The molecule has 1 atom stereocenters. The van der Waals surface area contributed by atoms with Gasteiger partial charge in [0, 0.05) is 24.6 Å². The Morgan fingerprint density at radius 3 is 2.85 bits per heavy atom. The van der Waals surface area contributed by atoms with Crippen molar-refractivity contribution in [2.45, 2.75) is 38.9 Å². The molecule has 0 aromatic heterocycles. The van der Waals surface area contributed by atoms with Gasteiger partial charge in [0.15, 0.2) is 0 Å². The van der Waals surface area contributed by atoms with Gasteiger partial charge in [-0.25, -0.2) is 0 Å². The third-order valence-electron chi connectivity index (χ3n) is 3.57. The summed E-state index contributed by atoms with van der Waals surface area (Å²) >= 11 is 0. The number of carbonyl (C=O) groups excluding carboxylic acids is 1. The van der Waals surface area contributed by atoms with E-state index in [2.05, 4.69) is 5.32 Å². The number of nitrogens with two attached hydrogens (primary N) is 1. The van der Waals surface area contributed by atoms with Crippen molar-refractivity contribution in [2.24, 2.45) is 0 Å². The number of anilines is 2. The van der Waals surface area contributed by atoms with E-state index in [1.54, 1.807) is 6.92 Å². The van der Waals surface area contributed by atoms with Crippen LogP contribution in [0.15, 0.2) is 18.2 Å². The van der Waals surface area contributed by atoms with E-state index in [1.165, 1.54) is 0 Å². The zero-order valence-corrected chi connectivity index (χ0v) is 12.0. The van der Waals surface area contributed by atoms with Crippen LogP contribution in [-0.4, -0.2) is 31.3 Å². The molecule has 1 heterocycles. The van der Waals surface area contributed by atoms with Gasteiger partial charge in [0.2, 0.25) is 0 Å². The molecule has 20 heavy (non-hydrogen) atoms. The molecule has 1 aliphatic heterocycles. The van der Waals surface area contributed by atoms with Crippen molar-refractivity contribution in [3.05, 3.63) is 23.8 Å². The molecule has 1 saturated heterocycles. The van der Waals surface area contributed by atoms with Crippen molar-refractivity contribution in [2.75, 3.05) is 24.3 Å². The molecule has 1 aromatic rings. The predicted octanol–water partition coefficient (Wildman–Crippen LogP) is 2.10. The lowest BCUT2D eigenvalue weighted by atomic mass is 10.1. The minimum Gasteiger partial charge on any atom is -0.398 e. The Morgan fingerprint density at radius 2 is 2.15 bits per heavy atom. The van der Waals surface area contributed by atoms with Gasteiger partial charge < -0.3 is 20.5 Å². The number of nitrogen functional groups attached to an aromatic ring is 1. The van der Waals surface area contributed by atoms with Crippen LogP contribution in [0.1, 0.15) is 25.3 Å². The molecule has 1 aliphatic rings. The van der Waals surface area contributed by atoms with Crippen LogP contribution < -0.4 is 11.1 Å². The van der Waals surface area contributed by atoms with Crippen LogP contribution in [0, 0.1) is 6.92 Å². The number of ether oxygens (including phenoxy) is 2. The zero-order valence-electron chi connectivity index (χ0n) is 12.0. The summed E-state index contributed by atoms with van der Waals surface area (Å²) in [5.74, 6) is -0.148.